The molecule has 0 radical (unpaired) electrons. The molecule has 3 N–H and O–H groups in total. The van der Waals surface area contributed by atoms with Crippen LogP contribution in [0.25, 0.3) is 0 Å². The molecular weight excluding hydrogens is 218 g/mol. The van der Waals surface area contributed by atoms with Gasteiger partial charge in [0.05, 0.1) is 12.2 Å². The van der Waals surface area contributed by atoms with Crippen LogP contribution in [-0.2, 0) is 4.74 Å². The summed E-state index contributed by atoms with van der Waals surface area (Å²) in [6.07, 6.45) is 0.987. The molecule has 0 atom stereocenters. The summed E-state index contributed by atoms with van der Waals surface area (Å²) >= 11 is 0. The van der Waals surface area contributed by atoms with Crippen LogP contribution in [0.15, 0.2) is 12.1 Å². The molecule has 17 heavy (non-hydrogen) atoms. The van der Waals surface area contributed by atoms with Crippen molar-refractivity contribution in [2.45, 2.75) is 20.3 Å². The summed E-state index contributed by atoms with van der Waals surface area (Å²) in [4.78, 5) is 4.21. The first-order chi connectivity index (χ1) is 8.15. The molecule has 0 fully saturated rings. The van der Waals surface area contributed by atoms with Crippen LogP contribution in [0.1, 0.15) is 24.6 Å². The highest BCUT2D eigenvalue weighted by molar-refractivity contribution is 5.97. The van der Waals surface area contributed by atoms with Crippen LogP contribution in [-0.4, -0.2) is 30.6 Å². The second kappa shape index (κ2) is 6.85. The number of nitrogen functional groups attached to an aromatic ring is 1. The van der Waals surface area contributed by atoms with Gasteiger partial charge in [0.15, 0.2) is 0 Å². The fourth-order valence-electron chi connectivity index (χ4n) is 1.29. The smallest absolute Gasteiger partial charge is 0.224 e. The third kappa shape index (κ3) is 4.40. The zero-order chi connectivity index (χ0) is 12.7. The second-order valence-electron chi connectivity index (χ2n) is 3.68. The summed E-state index contributed by atoms with van der Waals surface area (Å²) in [5.74, 6) is 0.361. The number of aryl methyl sites for hydroxylation is 1. The van der Waals surface area contributed by atoms with Crippen molar-refractivity contribution in [3.05, 3.63) is 23.4 Å². The topological polar surface area (TPSA) is 81.2 Å². The first-order valence-electron chi connectivity index (χ1n) is 5.67. The van der Waals surface area contributed by atoms with E-state index in [2.05, 4.69) is 11.9 Å². The number of nitrogens with one attached hydrogen (secondary N) is 1. The Morgan fingerprint density at radius 1 is 1.35 bits per heavy atom. The van der Waals surface area contributed by atoms with Gasteiger partial charge in [-0.2, -0.15) is 0 Å². The number of nitrogens with two attached hydrogens (primary N) is 1. The van der Waals surface area contributed by atoms with E-state index in [9.17, 15) is 0 Å². The van der Waals surface area contributed by atoms with Gasteiger partial charge in [-0.05, 0) is 25.5 Å². The molecule has 0 bridgehead atoms. The van der Waals surface area contributed by atoms with Crippen molar-refractivity contribution in [3.8, 4) is 5.88 Å². The normalized spacial score (nSPS) is 10.2. The van der Waals surface area contributed by atoms with Crippen LogP contribution in [0.3, 0.4) is 0 Å². The van der Waals surface area contributed by atoms with Crippen LogP contribution < -0.4 is 10.5 Å². The zero-order valence-corrected chi connectivity index (χ0v) is 10.3. The van der Waals surface area contributed by atoms with E-state index in [1.807, 2.05) is 6.92 Å². The molecule has 5 heteroatoms. The second-order valence-corrected chi connectivity index (χ2v) is 3.68. The van der Waals surface area contributed by atoms with Gasteiger partial charge >= 0.3 is 0 Å². The average molecular weight is 237 g/mol. The summed E-state index contributed by atoms with van der Waals surface area (Å²) in [5, 5.41) is 7.42. The number of pyridine rings is 1. The molecular formula is C12H19N3O2. The van der Waals surface area contributed by atoms with Gasteiger partial charge < -0.3 is 15.2 Å². The number of hydrogen-bond donors (Lipinski definition) is 2. The van der Waals surface area contributed by atoms with Gasteiger partial charge in [0, 0.05) is 12.3 Å². The minimum Gasteiger partial charge on any atom is -0.475 e. The predicted molar refractivity (Wildman–Crippen MR) is 66.6 cm³/mol. The molecule has 0 unspecified atom stereocenters. The summed E-state index contributed by atoms with van der Waals surface area (Å²) in [6, 6.07) is 3.55. The van der Waals surface area contributed by atoms with Gasteiger partial charge in [0.25, 0.3) is 0 Å². The summed E-state index contributed by atoms with van der Waals surface area (Å²) in [7, 11) is 0. The van der Waals surface area contributed by atoms with Crippen molar-refractivity contribution >= 4 is 5.84 Å². The van der Waals surface area contributed by atoms with Crippen molar-refractivity contribution in [1.29, 1.82) is 5.41 Å². The molecule has 94 valence electrons. The number of aromatic nitrogens is 1. The third-order valence-corrected chi connectivity index (χ3v) is 2.10. The van der Waals surface area contributed by atoms with E-state index in [1.165, 1.54) is 0 Å². The SMILES string of the molecule is CCCOCCOc1nc(C)ccc1C(=N)N. The summed E-state index contributed by atoms with van der Waals surface area (Å²) in [6.45, 7) is 5.57. The first kappa shape index (κ1) is 13.4. The van der Waals surface area contributed by atoms with Crippen LogP contribution in [0.5, 0.6) is 5.88 Å². The highest BCUT2D eigenvalue weighted by Gasteiger charge is 2.08. The van der Waals surface area contributed by atoms with Crippen molar-refractivity contribution < 1.29 is 9.47 Å². The van der Waals surface area contributed by atoms with Crippen LogP contribution in [0, 0.1) is 12.3 Å². The van der Waals surface area contributed by atoms with E-state index >= 15 is 0 Å². The number of amidine groups is 1. The first-order valence-corrected chi connectivity index (χ1v) is 5.67. The molecule has 0 spiro atoms. The maximum atomic E-state index is 7.42. The van der Waals surface area contributed by atoms with E-state index in [4.69, 9.17) is 20.6 Å². The zero-order valence-electron chi connectivity index (χ0n) is 10.3. The lowest BCUT2D eigenvalue weighted by molar-refractivity contribution is 0.0989. The Labute approximate surface area is 101 Å². The molecule has 0 aliphatic rings. The van der Waals surface area contributed by atoms with E-state index in [0.717, 1.165) is 18.7 Å². The van der Waals surface area contributed by atoms with Crippen molar-refractivity contribution in [3.63, 3.8) is 0 Å². The predicted octanol–water partition coefficient (Wildman–Crippen LogP) is 1.48. The number of rotatable bonds is 7. The van der Waals surface area contributed by atoms with Gasteiger partial charge in [-0.15, -0.1) is 0 Å². The fraction of sp³-hybridized carbons (Fsp3) is 0.500. The lowest BCUT2D eigenvalue weighted by Gasteiger charge is -2.10. The molecule has 1 rings (SSSR count). The maximum absolute atomic E-state index is 7.42. The molecule has 0 aliphatic heterocycles. The van der Waals surface area contributed by atoms with Crippen LogP contribution >= 0.6 is 0 Å². The monoisotopic (exact) mass is 237 g/mol. The molecule has 1 aromatic heterocycles. The molecule has 5 nitrogen and oxygen atoms in total. The summed E-state index contributed by atoms with van der Waals surface area (Å²) in [5.41, 5.74) is 6.80. The maximum Gasteiger partial charge on any atom is 0.224 e. The summed E-state index contributed by atoms with van der Waals surface area (Å²) < 4.78 is 10.8. The average Bonchev–Trinajstić information content (AvgIpc) is 2.28. The Bertz CT molecular complexity index is 380. The van der Waals surface area contributed by atoms with Gasteiger partial charge in [0.2, 0.25) is 5.88 Å². The molecule has 0 aliphatic carbocycles. The highest BCUT2D eigenvalue weighted by Crippen LogP contribution is 2.15. The van der Waals surface area contributed by atoms with E-state index < -0.39 is 0 Å². The van der Waals surface area contributed by atoms with Gasteiger partial charge in [-0.3, -0.25) is 5.41 Å². The molecule has 0 saturated heterocycles. The van der Waals surface area contributed by atoms with E-state index in [-0.39, 0.29) is 5.84 Å². The Hall–Kier alpha value is -1.62. The fourth-order valence-corrected chi connectivity index (χ4v) is 1.29. The van der Waals surface area contributed by atoms with Crippen LogP contribution in [0.4, 0.5) is 0 Å². The Balaban J connectivity index is 2.56. The lowest BCUT2D eigenvalue weighted by Crippen LogP contribution is -2.16. The molecule has 1 heterocycles. The number of ether oxygens (including phenoxy) is 2. The highest BCUT2D eigenvalue weighted by atomic mass is 16.5. The van der Waals surface area contributed by atoms with Gasteiger partial charge in [-0.1, -0.05) is 6.92 Å². The van der Waals surface area contributed by atoms with Crippen molar-refractivity contribution in [1.82, 2.24) is 4.98 Å². The number of hydrogen-bond acceptors (Lipinski definition) is 4. The minimum absolute atomic E-state index is 0.0398. The molecule has 1 aromatic rings. The molecule has 0 aromatic carbocycles. The van der Waals surface area contributed by atoms with Crippen molar-refractivity contribution in [2.24, 2.45) is 5.73 Å². The molecule has 0 amide bonds. The lowest BCUT2D eigenvalue weighted by atomic mass is 10.2. The Morgan fingerprint density at radius 3 is 2.76 bits per heavy atom. The Morgan fingerprint density at radius 2 is 2.12 bits per heavy atom. The van der Waals surface area contributed by atoms with Gasteiger partial charge in [0.1, 0.15) is 12.4 Å². The number of nitrogens with zero attached hydrogens (tertiary/aromatic N) is 1. The minimum atomic E-state index is -0.0398. The van der Waals surface area contributed by atoms with E-state index in [1.54, 1.807) is 12.1 Å². The third-order valence-electron chi connectivity index (χ3n) is 2.10. The Kier molecular flexibility index (Phi) is 5.42. The van der Waals surface area contributed by atoms with E-state index in [0.29, 0.717) is 24.7 Å². The largest absolute Gasteiger partial charge is 0.475 e. The molecule has 0 saturated carbocycles. The standard InChI is InChI=1S/C12H19N3O2/c1-3-6-16-7-8-17-12-10(11(13)14)5-4-9(2)15-12/h4-5H,3,6-8H2,1-2H3,(H3,13,14). The van der Waals surface area contributed by atoms with Crippen molar-refractivity contribution in [2.75, 3.05) is 19.8 Å². The quantitative estimate of drug-likeness (QED) is 0.427. The van der Waals surface area contributed by atoms with Crippen LogP contribution in [0.2, 0.25) is 0 Å². The van der Waals surface area contributed by atoms with Gasteiger partial charge in [-0.25, -0.2) is 4.98 Å².